The van der Waals surface area contributed by atoms with Gasteiger partial charge in [0.1, 0.15) is 0 Å². The Morgan fingerprint density at radius 2 is 2.29 bits per heavy atom. The van der Waals surface area contributed by atoms with E-state index in [1.807, 2.05) is 13.8 Å². The predicted octanol–water partition coefficient (Wildman–Crippen LogP) is -0.413. The molecule has 6 heteroatoms. The summed E-state index contributed by atoms with van der Waals surface area (Å²) in [5, 5.41) is 0. The van der Waals surface area contributed by atoms with Crippen LogP contribution >= 0.6 is 0 Å². The average molecular weight is 198 g/mol. The van der Waals surface area contributed by atoms with E-state index in [1.54, 1.807) is 0 Å². The summed E-state index contributed by atoms with van der Waals surface area (Å²) in [5.74, 6) is -0.127. The van der Waals surface area contributed by atoms with Gasteiger partial charge in [0.05, 0.1) is 0 Å². The average Bonchev–Trinajstić information content (AvgIpc) is 2.28. The number of carbonyl (C=O) groups excluding carboxylic acids is 1. The number of hydrogen-bond acceptors (Lipinski definition) is 3. The highest BCUT2D eigenvalue weighted by molar-refractivity contribution is 6.02. The van der Waals surface area contributed by atoms with Gasteiger partial charge in [0, 0.05) is 0 Å². The molecule has 6 nitrogen and oxygen atoms in total. The van der Waals surface area contributed by atoms with E-state index in [0.717, 1.165) is 0 Å². The van der Waals surface area contributed by atoms with Gasteiger partial charge in [-0.2, -0.15) is 9.98 Å². The van der Waals surface area contributed by atoms with Crippen molar-refractivity contribution in [1.29, 1.82) is 0 Å². The Morgan fingerprint density at radius 1 is 1.64 bits per heavy atom. The number of amides is 1. The topological polar surface area (TPSA) is 103 Å². The fourth-order valence-corrected chi connectivity index (χ4v) is 1.11. The summed E-state index contributed by atoms with van der Waals surface area (Å²) in [6.45, 7) is 3.99. The molecule has 0 aromatic heterocycles. The second kappa shape index (κ2) is 4.08. The molecule has 78 valence electrons. The fourth-order valence-electron chi connectivity index (χ4n) is 1.11. The van der Waals surface area contributed by atoms with Crippen LogP contribution in [0.4, 0.5) is 0 Å². The lowest BCUT2D eigenvalue weighted by molar-refractivity contribution is -0.123. The highest BCUT2D eigenvalue weighted by Gasteiger charge is 2.29. The highest BCUT2D eigenvalue weighted by Crippen LogP contribution is 2.15. The van der Waals surface area contributed by atoms with Gasteiger partial charge in [0.15, 0.2) is 12.1 Å². The molecular formula is C8H14N4O2. The van der Waals surface area contributed by atoms with Crippen molar-refractivity contribution in [2.24, 2.45) is 27.4 Å². The lowest BCUT2D eigenvalue weighted by Crippen LogP contribution is -2.25. The molecule has 14 heavy (non-hydrogen) atoms. The number of hydrogen-bond donors (Lipinski definition) is 2. The third-order valence-corrected chi connectivity index (χ3v) is 1.64. The van der Waals surface area contributed by atoms with Crippen molar-refractivity contribution in [3.05, 3.63) is 0 Å². The molecule has 0 unspecified atom stereocenters. The van der Waals surface area contributed by atoms with Crippen LogP contribution in [0.3, 0.4) is 0 Å². The number of ether oxygens (including phenoxy) is 1. The lowest BCUT2D eigenvalue weighted by Gasteiger charge is -2.09. The van der Waals surface area contributed by atoms with Crippen LogP contribution in [0.1, 0.15) is 20.3 Å². The van der Waals surface area contributed by atoms with Crippen molar-refractivity contribution in [2.45, 2.75) is 26.4 Å². The van der Waals surface area contributed by atoms with E-state index in [9.17, 15) is 4.79 Å². The molecule has 1 aliphatic heterocycles. The molecule has 0 bridgehead atoms. The van der Waals surface area contributed by atoms with E-state index >= 15 is 0 Å². The zero-order valence-corrected chi connectivity index (χ0v) is 8.23. The number of rotatable bonds is 2. The van der Waals surface area contributed by atoms with Crippen LogP contribution < -0.4 is 11.5 Å². The first-order chi connectivity index (χ1) is 6.49. The fraction of sp³-hybridized carbons (Fsp3) is 0.625. The highest BCUT2D eigenvalue weighted by atomic mass is 16.5. The molecule has 1 heterocycles. The summed E-state index contributed by atoms with van der Waals surface area (Å²) in [4.78, 5) is 18.4. The van der Waals surface area contributed by atoms with Gasteiger partial charge in [-0.3, -0.25) is 4.79 Å². The van der Waals surface area contributed by atoms with Crippen LogP contribution in [-0.2, 0) is 9.53 Å². The maximum absolute atomic E-state index is 11.2. The van der Waals surface area contributed by atoms with Gasteiger partial charge in [-0.15, -0.1) is 0 Å². The summed E-state index contributed by atoms with van der Waals surface area (Å²) in [6, 6.07) is -0.0411. The number of guanidine groups is 1. The quantitative estimate of drug-likeness (QED) is 0.465. The van der Waals surface area contributed by atoms with Crippen LogP contribution in [0.15, 0.2) is 9.98 Å². The molecule has 1 atom stereocenters. The molecule has 0 saturated heterocycles. The van der Waals surface area contributed by atoms with Gasteiger partial charge in [-0.1, -0.05) is 13.8 Å². The minimum Gasteiger partial charge on any atom is -0.450 e. The van der Waals surface area contributed by atoms with E-state index in [0.29, 0.717) is 12.3 Å². The second-order valence-corrected chi connectivity index (χ2v) is 3.51. The molecule has 1 rings (SSSR count). The molecule has 0 aromatic carbocycles. The summed E-state index contributed by atoms with van der Waals surface area (Å²) < 4.78 is 5.15. The smallest absolute Gasteiger partial charge is 0.323 e. The summed E-state index contributed by atoms with van der Waals surface area (Å²) in [6.07, 6.45) is 0.0827. The molecule has 0 spiro atoms. The zero-order valence-electron chi connectivity index (χ0n) is 8.23. The van der Waals surface area contributed by atoms with Crippen molar-refractivity contribution in [3.8, 4) is 0 Å². The SMILES string of the molecule is CC(C)C[C@@H]1OC(N=C(N)N)=NC1=O. The molecule has 1 amide bonds. The molecule has 0 radical (unpaired) electrons. The van der Waals surface area contributed by atoms with Crippen LogP contribution in [0.5, 0.6) is 0 Å². The van der Waals surface area contributed by atoms with Gasteiger partial charge in [-0.05, 0) is 12.3 Å². The molecular weight excluding hydrogens is 184 g/mol. The van der Waals surface area contributed by atoms with Gasteiger partial charge < -0.3 is 16.2 Å². The summed E-state index contributed by atoms with van der Waals surface area (Å²) in [5.41, 5.74) is 10.2. The first kappa shape index (κ1) is 10.5. The first-order valence-corrected chi connectivity index (χ1v) is 4.38. The molecule has 0 aliphatic carbocycles. The Morgan fingerprint density at radius 3 is 2.79 bits per heavy atom. The van der Waals surface area contributed by atoms with Crippen molar-refractivity contribution >= 4 is 17.9 Å². The Labute approximate surface area is 82.0 Å². The maximum Gasteiger partial charge on any atom is 0.323 e. The summed E-state index contributed by atoms with van der Waals surface area (Å²) in [7, 11) is 0. The molecule has 1 aliphatic rings. The Hall–Kier alpha value is -1.59. The number of carbonyl (C=O) groups is 1. The lowest BCUT2D eigenvalue weighted by atomic mass is 10.1. The van der Waals surface area contributed by atoms with E-state index in [2.05, 4.69) is 9.98 Å². The monoisotopic (exact) mass is 198 g/mol. The van der Waals surface area contributed by atoms with Crippen molar-refractivity contribution in [3.63, 3.8) is 0 Å². The number of nitrogens with zero attached hydrogens (tertiary/aromatic N) is 2. The van der Waals surface area contributed by atoms with Gasteiger partial charge in [0.2, 0.25) is 0 Å². The Balaban J connectivity index is 2.60. The van der Waals surface area contributed by atoms with Crippen molar-refractivity contribution < 1.29 is 9.53 Å². The van der Waals surface area contributed by atoms with E-state index in [4.69, 9.17) is 16.2 Å². The second-order valence-electron chi connectivity index (χ2n) is 3.51. The zero-order chi connectivity index (χ0) is 10.7. The molecule has 4 N–H and O–H groups in total. The van der Waals surface area contributed by atoms with E-state index < -0.39 is 6.10 Å². The van der Waals surface area contributed by atoms with E-state index in [1.165, 1.54) is 0 Å². The molecule has 0 aromatic rings. The third-order valence-electron chi connectivity index (χ3n) is 1.64. The number of aliphatic imine (C=N–C) groups is 2. The van der Waals surface area contributed by atoms with Gasteiger partial charge in [-0.25, -0.2) is 0 Å². The van der Waals surface area contributed by atoms with Crippen molar-refractivity contribution in [2.75, 3.05) is 0 Å². The Kier molecular flexibility index (Phi) is 3.06. The number of nitrogens with two attached hydrogens (primary N) is 2. The third kappa shape index (κ3) is 2.72. The first-order valence-electron chi connectivity index (χ1n) is 4.38. The summed E-state index contributed by atoms with van der Waals surface area (Å²) >= 11 is 0. The van der Waals surface area contributed by atoms with Gasteiger partial charge in [0.25, 0.3) is 5.91 Å². The maximum atomic E-state index is 11.2. The van der Waals surface area contributed by atoms with Crippen LogP contribution in [0.2, 0.25) is 0 Å². The van der Waals surface area contributed by atoms with Crippen LogP contribution in [-0.4, -0.2) is 24.0 Å². The Bertz CT molecular complexity index is 292. The molecule has 0 fully saturated rings. The predicted molar refractivity (Wildman–Crippen MR) is 52.6 cm³/mol. The normalized spacial score (nSPS) is 20.6. The minimum absolute atomic E-state index is 0.0411. The van der Waals surface area contributed by atoms with Crippen LogP contribution in [0, 0.1) is 5.92 Å². The van der Waals surface area contributed by atoms with E-state index in [-0.39, 0.29) is 17.9 Å². The number of amidine groups is 1. The van der Waals surface area contributed by atoms with Gasteiger partial charge >= 0.3 is 6.02 Å². The van der Waals surface area contributed by atoms with Crippen molar-refractivity contribution in [1.82, 2.24) is 0 Å². The minimum atomic E-state index is -0.534. The molecule has 0 saturated carbocycles. The largest absolute Gasteiger partial charge is 0.450 e. The standard InChI is InChI=1S/C8H14N4O2/c1-4(2)3-5-6(13)11-8(14-5)12-7(9)10/h4-5H,3H2,1-2H3,(H4,9,10,11,12,13)/t5-/m0/s1. The van der Waals surface area contributed by atoms with Crippen LogP contribution in [0.25, 0.3) is 0 Å².